The molecule has 4 N–H and O–H groups in total. The zero-order chi connectivity index (χ0) is 13.7. The molecule has 5 nitrogen and oxygen atoms in total. The summed E-state index contributed by atoms with van der Waals surface area (Å²) in [5.41, 5.74) is 6.00. The van der Waals surface area contributed by atoms with Crippen molar-refractivity contribution in [2.24, 2.45) is 5.73 Å². The number of halogens is 1. The summed E-state index contributed by atoms with van der Waals surface area (Å²) >= 11 is 5.77. The third-order valence-corrected chi connectivity index (χ3v) is 2.57. The Bertz CT molecular complexity index is 463. The molecule has 0 aliphatic heterocycles. The predicted molar refractivity (Wildman–Crippen MR) is 69.9 cm³/mol. The van der Waals surface area contributed by atoms with Gasteiger partial charge in [0.1, 0.15) is 0 Å². The summed E-state index contributed by atoms with van der Waals surface area (Å²) in [5, 5.41) is 11.7. The fourth-order valence-corrected chi connectivity index (χ4v) is 1.70. The minimum absolute atomic E-state index is 0.0156. The van der Waals surface area contributed by atoms with Gasteiger partial charge in [0.05, 0.1) is 11.6 Å². The number of anilines is 1. The average Bonchev–Trinajstić information content (AvgIpc) is 2.28. The lowest BCUT2D eigenvalue weighted by atomic mass is 10.1. The number of nitrogens with one attached hydrogen (secondary N) is 1. The average molecular weight is 271 g/mol. The van der Waals surface area contributed by atoms with E-state index in [0.29, 0.717) is 12.1 Å². The Morgan fingerprint density at radius 2 is 2.11 bits per heavy atom. The maximum atomic E-state index is 11.7. The molecule has 98 valence electrons. The van der Waals surface area contributed by atoms with Crippen molar-refractivity contribution < 1.29 is 14.7 Å². The largest absolute Gasteiger partial charge is 0.478 e. The molecule has 6 heteroatoms. The fourth-order valence-electron chi connectivity index (χ4n) is 1.46. The molecule has 1 amide bonds. The van der Waals surface area contributed by atoms with Gasteiger partial charge in [-0.25, -0.2) is 4.79 Å². The summed E-state index contributed by atoms with van der Waals surface area (Å²) in [6, 6.07) is 3.52. The number of nitrogens with two attached hydrogens (primary N) is 1. The van der Waals surface area contributed by atoms with E-state index in [4.69, 9.17) is 22.4 Å². The van der Waals surface area contributed by atoms with Crippen molar-refractivity contribution in [2.45, 2.75) is 25.8 Å². The van der Waals surface area contributed by atoms with E-state index >= 15 is 0 Å². The molecule has 1 aromatic carbocycles. The zero-order valence-electron chi connectivity index (χ0n) is 9.94. The summed E-state index contributed by atoms with van der Waals surface area (Å²) in [5.74, 6) is -1.46. The van der Waals surface area contributed by atoms with Crippen LogP contribution < -0.4 is 11.1 Å². The summed E-state index contributed by atoms with van der Waals surface area (Å²) < 4.78 is 0. The molecule has 1 rings (SSSR count). The van der Waals surface area contributed by atoms with Crippen molar-refractivity contribution in [1.82, 2.24) is 0 Å². The standard InChI is InChI=1S/C12H15ClN2O3/c1-2-3-10(14)11(16)15-9-5-7(12(17)18)4-8(13)6-9/h4-6,10H,2-3,14H2,1H3,(H,15,16)(H,17,18)/t10-/m0/s1. The van der Waals surface area contributed by atoms with E-state index in [9.17, 15) is 9.59 Å². The van der Waals surface area contributed by atoms with E-state index in [1.54, 1.807) is 0 Å². The van der Waals surface area contributed by atoms with E-state index in [-0.39, 0.29) is 16.5 Å². The van der Waals surface area contributed by atoms with Gasteiger partial charge >= 0.3 is 5.97 Å². The van der Waals surface area contributed by atoms with E-state index < -0.39 is 12.0 Å². The fraction of sp³-hybridized carbons (Fsp3) is 0.333. The third kappa shape index (κ3) is 4.01. The lowest BCUT2D eigenvalue weighted by Gasteiger charge is -2.11. The Hall–Kier alpha value is -1.59. The van der Waals surface area contributed by atoms with Crippen molar-refractivity contribution >= 4 is 29.2 Å². The molecule has 1 aromatic rings. The second-order valence-electron chi connectivity index (χ2n) is 3.92. The number of hydrogen-bond donors (Lipinski definition) is 3. The Balaban J connectivity index is 2.84. The minimum Gasteiger partial charge on any atom is -0.478 e. The summed E-state index contributed by atoms with van der Waals surface area (Å²) in [4.78, 5) is 22.5. The summed E-state index contributed by atoms with van der Waals surface area (Å²) in [6.45, 7) is 1.93. The normalized spacial score (nSPS) is 11.9. The van der Waals surface area contributed by atoms with Gasteiger partial charge < -0.3 is 16.2 Å². The summed E-state index contributed by atoms with van der Waals surface area (Å²) in [7, 11) is 0. The predicted octanol–water partition coefficient (Wildman–Crippen LogP) is 2.10. The van der Waals surface area contributed by atoms with Gasteiger partial charge in [-0.3, -0.25) is 4.79 Å². The highest BCUT2D eigenvalue weighted by Gasteiger charge is 2.14. The molecule has 0 spiro atoms. The number of carboxylic acids is 1. The number of hydrogen-bond acceptors (Lipinski definition) is 3. The summed E-state index contributed by atoms with van der Waals surface area (Å²) in [6.07, 6.45) is 1.36. The molecule has 1 atom stereocenters. The van der Waals surface area contributed by atoms with Gasteiger partial charge in [0.15, 0.2) is 0 Å². The van der Waals surface area contributed by atoms with Crippen LogP contribution in [0.15, 0.2) is 18.2 Å². The van der Waals surface area contributed by atoms with Gasteiger partial charge in [0.2, 0.25) is 5.91 Å². The molecule has 0 unspecified atom stereocenters. The molecule has 0 radical (unpaired) electrons. The van der Waals surface area contributed by atoms with E-state index in [1.165, 1.54) is 18.2 Å². The van der Waals surface area contributed by atoms with E-state index in [2.05, 4.69) is 5.32 Å². The quantitative estimate of drug-likeness (QED) is 0.764. The van der Waals surface area contributed by atoms with Crippen molar-refractivity contribution in [3.05, 3.63) is 28.8 Å². The van der Waals surface area contributed by atoms with Crippen LogP contribution in [0.2, 0.25) is 5.02 Å². The highest BCUT2D eigenvalue weighted by atomic mass is 35.5. The maximum Gasteiger partial charge on any atom is 0.335 e. The van der Waals surface area contributed by atoms with Crippen LogP contribution in [-0.4, -0.2) is 23.0 Å². The zero-order valence-corrected chi connectivity index (χ0v) is 10.7. The lowest BCUT2D eigenvalue weighted by molar-refractivity contribution is -0.117. The first-order valence-corrected chi connectivity index (χ1v) is 5.92. The first kappa shape index (κ1) is 14.5. The van der Waals surface area contributed by atoms with Crippen LogP contribution in [0.3, 0.4) is 0 Å². The van der Waals surface area contributed by atoms with E-state index in [1.807, 2.05) is 6.92 Å². The van der Waals surface area contributed by atoms with Crippen LogP contribution in [0, 0.1) is 0 Å². The lowest BCUT2D eigenvalue weighted by Crippen LogP contribution is -2.35. The van der Waals surface area contributed by atoms with Crippen LogP contribution in [-0.2, 0) is 4.79 Å². The molecule has 0 aliphatic carbocycles. The molecule has 0 bridgehead atoms. The van der Waals surface area contributed by atoms with E-state index in [0.717, 1.165) is 6.42 Å². The Labute approximate surface area is 110 Å². The molecule has 18 heavy (non-hydrogen) atoms. The van der Waals surface area contributed by atoms with Gasteiger partial charge in [0.25, 0.3) is 0 Å². The number of carbonyl (C=O) groups is 2. The minimum atomic E-state index is -1.11. The van der Waals surface area contributed by atoms with Crippen molar-refractivity contribution in [3.8, 4) is 0 Å². The van der Waals surface area contributed by atoms with Crippen molar-refractivity contribution in [3.63, 3.8) is 0 Å². The SMILES string of the molecule is CCC[C@H](N)C(=O)Nc1cc(Cl)cc(C(=O)O)c1. The van der Waals surface area contributed by atoms with Crippen LogP contribution >= 0.6 is 11.6 Å². The van der Waals surface area contributed by atoms with Gasteiger partial charge in [-0.1, -0.05) is 24.9 Å². The topological polar surface area (TPSA) is 92.4 Å². The molecule has 0 aliphatic rings. The van der Waals surface area contributed by atoms with Crippen LogP contribution in [0.25, 0.3) is 0 Å². The molecule has 0 aromatic heterocycles. The second-order valence-corrected chi connectivity index (χ2v) is 4.35. The maximum absolute atomic E-state index is 11.7. The molecule has 0 saturated carbocycles. The van der Waals surface area contributed by atoms with Gasteiger partial charge in [-0.05, 0) is 24.6 Å². The first-order valence-electron chi connectivity index (χ1n) is 5.54. The second kappa shape index (κ2) is 6.37. The first-order chi connectivity index (χ1) is 8.43. The third-order valence-electron chi connectivity index (χ3n) is 2.35. The smallest absolute Gasteiger partial charge is 0.335 e. The Morgan fingerprint density at radius 3 is 2.67 bits per heavy atom. The highest BCUT2D eigenvalue weighted by Crippen LogP contribution is 2.19. The number of aromatic carboxylic acids is 1. The molecule has 0 saturated heterocycles. The molecular weight excluding hydrogens is 256 g/mol. The molecule has 0 fully saturated rings. The van der Waals surface area contributed by atoms with Crippen LogP contribution in [0.4, 0.5) is 5.69 Å². The molecule has 0 heterocycles. The van der Waals surface area contributed by atoms with Crippen LogP contribution in [0.5, 0.6) is 0 Å². The number of rotatable bonds is 5. The monoisotopic (exact) mass is 270 g/mol. The highest BCUT2D eigenvalue weighted by molar-refractivity contribution is 6.31. The van der Waals surface area contributed by atoms with Crippen LogP contribution in [0.1, 0.15) is 30.1 Å². The Morgan fingerprint density at radius 1 is 1.44 bits per heavy atom. The van der Waals surface area contributed by atoms with Gasteiger partial charge in [0, 0.05) is 10.7 Å². The number of carbonyl (C=O) groups excluding carboxylic acids is 1. The Kier molecular flexibility index (Phi) is 5.12. The number of benzene rings is 1. The molecular formula is C12H15ClN2O3. The van der Waals surface area contributed by atoms with Gasteiger partial charge in [-0.2, -0.15) is 0 Å². The van der Waals surface area contributed by atoms with Gasteiger partial charge in [-0.15, -0.1) is 0 Å². The van der Waals surface area contributed by atoms with Crippen molar-refractivity contribution in [2.75, 3.05) is 5.32 Å². The van der Waals surface area contributed by atoms with Crippen molar-refractivity contribution in [1.29, 1.82) is 0 Å². The number of carboxylic acid groups (broad SMARTS) is 1. The number of amides is 1.